The fourth-order valence-electron chi connectivity index (χ4n) is 0.835. The van der Waals surface area contributed by atoms with Crippen LogP contribution in [-0.4, -0.2) is 37.2 Å². The molecule has 0 aromatic heterocycles. The molecule has 0 radical (unpaired) electrons. The molecule has 12 heavy (non-hydrogen) atoms. The summed E-state index contributed by atoms with van der Waals surface area (Å²) in [4.78, 5) is 1.86. The molecule has 0 aliphatic carbocycles. The molecule has 0 atom stereocenters. The normalized spacial score (nSPS) is 11.7. The Kier molecular flexibility index (Phi) is 6.18. The lowest BCUT2D eigenvalue weighted by Crippen LogP contribution is -2.40. The van der Waals surface area contributed by atoms with Gasteiger partial charge in [-0.2, -0.15) is 0 Å². The molecule has 0 saturated heterocycles. The molecule has 5 nitrogen and oxygen atoms in total. The topological polar surface area (TPSA) is 76.9 Å². The van der Waals surface area contributed by atoms with Crippen molar-refractivity contribution in [3.63, 3.8) is 0 Å². The van der Waals surface area contributed by atoms with E-state index in [0.717, 1.165) is 19.7 Å². The molecular formula is C7H18N4O. The van der Waals surface area contributed by atoms with E-state index in [0.29, 0.717) is 12.6 Å². The lowest BCUT2D eigenvalue weighted by molar-refractivity contribution is 0.133. The Bertz CT molecular complexity index is 137. The third-order valence-electron chi connectivity index (χ3n) is 1.55. The van der Waals surface area contributed by atoms with Crippen LogP contribution >= 0.6 is 0 Å². The van der Waals surface area contributed by atoms with Gasteiger partial charge in [-0.1, -0.05) is 0 Å². The number of nitrogens with two attached hydrogens (primary N) is 2. The van der Waals surface area contributed by atoms with Crippen LogP contribution in [0.3, 0.4) is 0 Å². The average Bonchev–Trinajstić information content (AvgIpc) is 2.11. The summed E-state index contributed by atoms with van der Waals surface area (Å²) in [5, 5.41) is 3.40. The lowest BCUT2D eigenvalue weighted by atomic mass is 10.5. The first kappa shape index (κ1) is 11.0. The minimum atomic E-state index is 0.359. The molecule has 0 saturated carbocycles. The third-order valence-corrected chi connectivity index (χ3v) is 1.55. The van der Waals surface area contributed by atoms with Crippen LogP contribution in [-0.2, 0) is 4.74 Å². The van der Waals surface area contributed by atoms with E-state index in [1.54, 1.807) is 0 Å². The zero-order valence-electron chi connectivity index (χ0n) is 7.79. The molecule has 0 fully saturated rings. The molecule has 0 amide bonds. The van der Waals surface area contributed by atoms with Gasteiger partial charge in [0.1, 0.15) is 0 Å². The van der Waals surface area contributed by atoms with Gasteiger partial charge in [-0.3, -0.25) is 0 Å². The molecule has 0 aliphatic heterocycles. The van der Waals surface area contributed by atoms with Crippen molar-refractivity contribution in [1.29, 1.82) is 0 Å². The molecule has 0 rings (SSSR count). The van der Waals surface area contributed by atoms with E-state index < -0.39 is 0 Å². The average molecular weight is 174 g/mol. The molecule has 0 aliphatic rings. The number of hydrogen-bond acceptors (Lipinski definition) is 3. The van der Waals surface area contributed by atoms with Crippen molar-refractivity contribution >= 4 is 5.96 Å². The fraction of sp³-hybridized carbons (Fsp3) is 0.857. The zero-order valence-corrected chi connectivity index (χ0v) is 7.79. The van der Waals surface area contributed by atoms with Crippen molar-refractivity contribution in [1.82, 2.24) is 4.90 Å². The van der Waals surface area contributed by atoms with Crippen LogP contribution in [0, 0.1) is 0 Å². The fourth-order valence-corrected chi connectivity index (χ4v) is 0.835. The predicted octanol–water partition coefficient (Wildman–Crippen LogP) is -0.467. The van der Waals surface area contributed by atoms with E-state index in [-0.39, 0.29) is 0 Å². The second-order valence-corrected chi connectivity index (χ2v) is 2.26. The summed E-state index contributed by atoms with van der Waals surface area (Å²) >= 11 is 0. The van der Waals surface area contributed by atoms with Gasteiger partial charge in [-0.25, -0.2) is 0 Å². The summed E-state index contributed by atoms with van der Waals surface area (Å²) in [6.45, 7) is 6.84. The number of guanidine groups is 1. The Morgan fingerprint density at radius 1 is 1.50 bits per heavy atom. The Morgan fingerprint density at radius 2 is 2.17 bits per heavy atom. The van der Waals surface area contributed by atoms with E-state index in [1.807, 2.05) is 18.7 Å². The molecule has 0 heterocycles. The Morgan fingerprint density at radius 3 is 2.58 bits per heavy atom. The van der Waals surface area contributed by atoms with Gasteiger partial charge in [-0.05, 0) is 13.8 Å². The smallest absolute Gasteiger partial charge is 0.213 e. The largest absolute Gasteiger partial charge is 0.380 e. The summed E-state index contributed by atoms with van der Waals surface area (Å²) in [6.07, 6.45) is 0. The lowest BCUT2D eigenvalue weighted by Gasteiger charge is -2.20. The predicted molar refractivity (Wildman–Crippen MR) is 49.5 cm³/mol. The molecule has 0 spiro atoms. The van der Waals surface area contributed by atoms with Crippen molar-refractivity contribution in [2.45, 2.75) is 13.8 Å². The first-order valence-electron chi connectivity index (χ1n) is 4.12. The first-order valence-corrected chi connectivity index (χ1v) is 4.12. The number of likely N-dealkylation sites (N-methyl/N-ethyl adjacent to an activating group) is 1. The number of rotatable bonds is 5. The summed E-state index contributed by atoms with van der Waals surface area (Å²) in [6, 6.07) is 0. The Balaban J connectivity index is 3.68. The van der Waals surface area contributed by atoms with Gasteiger partial charge in [0.15, 0.2) is 0 Å². The van der Waals surface area contributed by atoms with E-state index in [9.17, 15) is 0 Å². The summed E-state index contributed by atoms with van der Waals surface area (Å²) in [5.41, 5.74) is 5.51. The number of hydrogen-bond donors (Lipinski definition) is 2. The van der Waals surface area contributed by atoms with Gasteiger partial charge >= 0.3 is 0 Å². The van der Waals surface area contributed by atoms with Crippen LogP contribution in [0.2, 0.25) is 0 Å². The van der Waals surface area contributed by atoms with Crippen molar-refractivity contribution in [3.8, 4) is 0 Å². The van der Waals surface area contributed by atoms with E-state index in [1.165, 1.54) is 0 Å². The maximum Gasteiger partial charge on any atom is 0.213 e. The first-order chi connectivity index (χ1) is 5.76. The summed E-state index contributed by atoms with van der Waals surface area (Å²) < 4.78 is 5.17. The molecule has 0 unspecified atom stereocenters. The molecule has 5 heteroatoms. The van der Waals surface area contributed by atoms with Crippen LogP contribution in [0.15, 0.2) is 5.10 Å². The van der Waals surface area contributed by atoms with Crippen LogP contribution in [0.4, 0.5) is 0 Å². The number of ether oxygens (including phenoxy) is 1. The van der Waals surface area contributed by atoms with Crippen LogP contribution < -0.4 is 11.6 Å². The zero-order chi connectivity index (χ0) is 9.40. The van der Waals surface area contributed by atoms with Crippen LogP contribution in [0.25, 0.3) is 0 Å². The highest BCUT2D eigenvalue weighted by Crippen LogP contribution is 1.86. The molecule has 4 N–H and O–H groups in total. The molecular weight excluding hydrogens is 156 g/mol. The molecule has 72 valence electrons. The van der Waals surface area contributed by atoms with Crippen LogP contribution in [0.1, 0.15) is 13.8 Å². The van der Waals surface area contributed by atoms with Crippen LogP contribution in [0.5, 0.6) is 0 Å². The van der Waals surface area contributed by atoms with Crippen molar-refractivity contribution in [2.75, 3.05) is 26.3 Å². The number of hydrazone groups is 1. The van der Waals surface area contributed by atoms with Crippen molar-refractivity contribution < 1.29 is 4.74 Å². The second-order valence-electron chi connectivity index (χ2n) is 2.26. The standard InChI is InChI=1S/C7H18N4O/c1-3-11(7(8)10-9)5-6-12-4-2/h3-6,9H2,1-2H3,(H2,8,10). The SMILES string of the molecule is CCOCCN(CC)C(N)=NN. The van der Waals surface area contributed by atoms with E-state index in [4.69, 9.17) is 16.3 Å². The maximum absolute atomic E-state index is 5.51. The van der Waals surface area contributed by atoms with Gasteiger partial charge in [-0.15, -0.1) is 5.10 Å². The highest BCUT2D eigenvalue weighted by Gasteiger charge is 2.03. The summed E-state index contributed by atoms with van der Waals surface area (Å²) in [5.74, 6) is 5.39. The minimum absolute atomic E-state index is 0.359. The third kappa shape index (κ3) is 4.02. The Hall–Kier alpha value is -0.970. The molecule has 0 aromatic rings. The van der Waals surface area contributed by atoms with Crippen molar-refractivity contribution in [2.24, 2.45) is 16.7 Å². The van der Waals surface area contributed by atoms with E-state index >= 15 is 0 Å². The molecule has 0 aromatic carbocycles. The summed E-state index contributed by atoms with van der Waals surface area (Å²) in [7, 11) is 0. The maximum atomic E-state index is 5.51. The quantitative estimate of drug-likeness (QED) is 0.194. The van der Waals surface area contributed by atoms with Gasteiger partial charge < -0.3 is 21.2 Å². The van der Waals surface area contributed by atoms with Gasteiger partial charge in [0.25, 0.3) is 0 Å². The van der Waals surface area contributed by atoms with E-state index in [2.05, 4.69) is 5.10 Å². The Labute approximate surface area is 73.3 Å². The van der Waals surface area contributed by atoms with Gasteiger partial charge in [0.05, 0.1) is 6.61 Å². The minimum Gasteiger partial charge on any atom is -0.380 e. The monoisotopic (exact) mass is 174 g/mol. The van der Waals surface area contributed by atoms with Gasteiger partial charge in [0.2, 0.25) is 5.96 Å². The van der Waals surface area contributed by atoms with Gasteiger partial charge in [0, 0.05) is 19.7 Å². The highest BCUT2D eigenvalue weighted by atomic mass is 16.5. The second kappa shape index (κ2) is 6.72. The molecule has 0 bridgehead atoms. The van der Waals surface area contributed by atoms with Crippen molar-refractivity contribution in [3.05, 3.63) is 0 Å². The highest BCUT2D eigenvalue weighted by molar-refractivity contribution is 5.77. The number of nitrogens with zero attached hydrogens (tertiary/aromatic N) is 2.